The fraction of sp³-hybridized carbons (Fsp3) is 0.852. The van der Waals surface area contributed by atoms with Crippen LogP contribution in [0.15, 0.2) is 36.5 Å². The van der Waals surface area contributed by atoms with Crippen LogP contribution in [0.1, 0.15) is 316 Å². The minimum Gasteiger partial charge on any atom is -0.462 e. The highest BCUT2D eigenvalue weighted by atomic mass is 16.6. The molecule has 0 rings (SSSR count). The normalized spacial score (nSPS) is 12.2. The minimum atomic E-state index is -0.772. The van der Waals surface area contributed by atoms with Crippen molar-refractivity contribution in [1.82, 2.24) is 0 Å². The number of rotatable bonds is 54. The predicted molar refractivity (Wildman–Crippen MR) is 289 cm³/mol. The summed E-state index contributed by atoms with van der Waals surface area (Å²) in [6.45, 7) is 6.57. The molecule has 1 atom stereocenters. The van der Waals surface area contributed by atoms with Gasteiger partial charge in [-0.25, -0.2) is 0 Å². The molecule has 0 saturated carbocycles. The van der Waals surface area contributed by atoms with Crippen LogP contribution in [0.2, 0.25) is 0 Å². The monoisotopic (exact) mass is 941 g/mol. The summed E-state index contributed by atoms with van der Waals surface area (Å²) in [6, 6.07) is 0. The zero-order valence-corrected chi connectivity index (χ0v) is 44.9. The molecule has 6 heteroatoms. The van der Waals surface area contributed by atoms with Crippen molar-refractivity contribution >= 4 is 17.9 Å². The van der Waals surface area contributed by atoms with Gasteiger partial charge in [0.15, 0.2) is 6.10 Å². The van der Waals surface area contributed by atoms with Crippen molar-refractivity contribution in [2.45, 2.75) is 322 Å². The second-order valence-electron chi connectivity index (χ2n) is 19.9. The second-order valence-corrected chi connectivity index (χ2v) is 19.9. The maximum absolute atomic E-state index is 12.9. The summed E-state index contributed by atoms with van der Waals surface area (Å²) in [4.78, 5) is 38.2. The molecule has 392 valence electrons. The molecule has 0 spiro atoms. The maximum atomic E-state index is 12.9. The van der Waals surface area contributed by atoms with Crippen molar-refractivity contribution in [3.63, 3.8) is 0 Å². The molecule has 1 unspecified atom stereocenters. The highest BCUT2D eigenvalue weighted by Gasteiger charge is 2.19. The van der Waals surface area contributed by atoms with E-state index in [1.54, 1.807) is 0 Å². The molecule has 0 aromatic carbocycles. The molecule has 0 aliphatic carbocycles. The number of ether oxygens (including phenoxy) is 3. The molecule has 0 bridgehead atoms. The van der Waals surface area contributed by atoms with E-state index in [1.807, 2.05) is 0 Å². The largest absolute Gasteiger partial charge is 0.462 e. The van der Waals surface area contributed by atoms with Crippen LogP contribution in [-0.2, 0) is 28.6 Å². The fourth-order valence-corrected chi connectivity index (χ4v) is 8.75. The first-order valence-corrected chi connectivity index (χ1v) is 29.5. The zero-order valence-electron chi connectivity index (χ0n) is 44.9. The van der Waals surface area contributed by atoms with Crippen molar-refractivity contribution in [2.75, 3.05) is 13.2 Å². The molecule has 0 saturated heterocycles. The Labute approximate surface area is 416 Å². The maximum Gasteiger partial charge on any atom is 0.306 e. The summed E-state index contributed by atoms with van der Waals surface area (Å²) < 4.78 is 16.9. The molecule has 0 aromatic heterocycles. The van der Waals surface area contributed by atoms with E-state index in [-0.39, 0.29) is 31.1 Å². The van der Waals surface area contributed by atoms with Gasteiger partial charge in [-0.05, 0) is 51.4 Å². The number of hydrogen-bond acceptors (Lipinski definition) is 6. The van der Waals surface area contributed by atoms with Crippen molar-refractivity contribution in [1.29, 1.82) is 0 Å². The Bertz CT molecular complexity index is 1130. The Morgan fingerprint density at radius 2 is 0.582 bits per heavy atom. The van der Waals surface area contributed by atoms with Crippen LogP contribution in [0.3, 0.4) is 0 Å². The SMILES string of the molecule is CC/C=C\C/C=C\C/C=C\CCCCCCCCCC(=O)OCC(COC(=O)CCCCCCCCCCCCCCCCCC)OC(=O)CCCCCCCCCCCCCCCCCC. The highest BCUT2D eigenvalue weighted by molar-refractivity contribution is 5.71. The van der Waals surface area contributed by atoms with Crippen LogP contribution in [0.25, 0.3) is 0 Å². The topological polar surface area (TPSA) is 78.9 Å². The molecule has 0 aliphatic heterocycles. The summed E-state index contributed by atoms with van der Waals surface area (Å²) in [5.41, 5.74) is 0. The van der Waals surface area contributed by atoms with Crippen LogP contribution in [0.5, 0.6) is 0 Å². The lowest BCUT2D eigenvalue weighted by atomic mass is 10.0. The van der Waals surface area contributed by atoms with Gasteiger partial charge in [0.05, 0.1) is 0 Å². The van der Waals surface area contributed by atoms with E-state index < -0.39 is 6.10 Å². The van der Waals surface area contributed by atoms with E-state index in [4.69, 9.17) is 14.2 Å². The summed E-state index contributed by atoms with van der Waals surface area (Å²) in [7, 11) is 0. The van der Waals surface area contributed by atoms with Crippen molar-refractivity contribution in [3.8, 4) is 0 Å². The second kappa shape index (κ2) is 56.2. The number of allylic oxidation sites excluding steroid dienone is 6. The van der Waals surface area contributed by atoms with Gasteiger partial charge in [-0.2, -0.15) is 0 Å². The quantitative estimate of drug-likeness (QED) is 0.0262. The third-order valence-electron chi connectivity index (χ3n) is 13.2. The van der Waals surface area contributed by atoms with Gasteiger partial charge in [-0.15, -0.1) is 0 Å². The number of unbranched alkanes of at least 4 members (excludes halogenated alkanes) is 37. The minimum absolute atomic E-state index is 0.0700. The molecule has 6 nitrogen and oxygen atoms in total. The summed E-state index contributed by atoms with van der Waals surface area (Å²) in [6.07, 6.45) is 67.0. The fourth-order valence-electron chi connectivity index (χ4n) is 8.75. The molecule has 0 heterocycles. The Balaban J connectivity index is 4.34. The number of esters is 3. The molecular weight excluding hydrogens is 829 g/mol. The van der Waals surface area contributed by atoms with Gasteiger partial charge in [0.25, 0.3) is 0 Å². The molecule has 67 heavy (non-hydrogen) atoms. The molecule has 0 aromatic rings. The van der Waals surface area contributed by atoms with Crippen LogP contribution >= 0.6 is 0 Å². The van der Waals surface area contributed by atoms with Gasteiger partial charge in [0.2, 0.25) is 0 Å². The Morgan fingerprint density at radius 1 is 0.313 bits per heavy atom. The zero-order chi connectivity index (χ0) is 48.6. The van der Waals surface area contributed by atoms with E-state index >= 15 is 0 Å². The third kappa shape index (κ3) is 54.4. The van der Waals surface area contributed by atoms with E-state index in [9.17, 15) is 14.4 Å². The average Bonchev–Trinajstić information content (AvgIpc) is 3.33. The molecule has 0 fully saturated rings. The van der Waals surface area contributed by atoms with Crippen molar-refractivity contribution < 1.29 is 28.6 Å². The summed E-state index contributed by atoms with van der Waals surface area (Å²) in [5, 5.41) is 0. The number of hydrogen-bond donors (Lipinski definition) is 0. The van der Waals surface area contributed by atoms with E-state index in [1.165, 1.54) is 193 Å². The lowest BCUT2D eigenvalue weighted by Gasteiger charge is -2.18. The summed E-state index contributed by atoms with van der Waals surface area (Å²) >= 11 is 0. The Hall–Kier alpha value is -2.37. The summed E-state index contributed by atoms with van der Waals surface area (Å²) in [5.74, 6) is -0.858. The van der Waals surface area contributed by atoms with Crippen LogP contribution in [0.4, 0.5) is 0 Å². The standard InChI is InChI=1S/C61H112O6/c1-4-7-10-13-16-19-22-25-28-31-34-36-39-42-45-48-51-54-60(63)66-57-58(67-61(64)55-52-49-46-43-40-37-33-30-27-24-21-18-15-12-9-6-3)56-65-59(62)53-50-47-44-41-38-35-32-29-26-23-20-17-14-11-8-5-2/h7,10,16,19,25,28,58H,4-6,8-9,11-15,17-18,20-24,26-27,29-57H2,1-3H3/b10-7-,19-16-,28-25-. The van der Waals surface area contributed by atoms with Gasteiger partial charge in [-0.3, -0.25) is 14.4 Å². The lowest BCUT2D eigenvalue weighted by molar-refractivity contribution is -0.167. The van der Waals surface area contributed by atoms with Gasteiger partial charge in [0.1, 0.15) is 13.2 Å². The molecule has 0 aliphatic rings. The smallest absolute Gasteiger partial charge is 0.306 e. The van der Waals surface area contributed by atoms with Crippen LogP contribution in [0, 0.1) is 0 Å². The first-order valence-electron chi connectivity index (χ1n) is 29.5. The van der Waals surface area contributed by atoms with Gasteiger partial charge in [0, 0.05) is 19.3 Å². The predicted octanol–water partition coefficient (Wildman–Crippen LogP) is 19.7. The van der Waals surface area contributed by atoms with E-state index in [2.05, 4.69) is 57.2 Å². The van der Waals surface area contributed by atoms with E-state index in [0.717, 1.165) is 83.5 Å². The van der Waals surface area contributed by atoms with E-state index in [0.29, 0.717) is 19.3 Å². The molecular formula is C61H112O6. The molecule has 0 amide bonds. The third-order valence-corrected chi connectivity index (χ3v) is 13.2. The van der Waals surface area contributed by atoms with Gasteiger partial charge >= 0.3 is 17.9 Å². The highest BCUT2D eigenvalue weighted by Crippen LogP contribution is 2.17. The van der Waals surface area contributed by atoms with Gasteiger partial charge in [-0.1, -0.05) is 282 Å². The number of carbonyl (C=O) groups is 3. The number of carbonyl (C=O) groups excluding carboxylic acids is 3. The van der Waals surface area contributed by atoms with Crippen molar-refractivity contribution in [3.05, 3.63) is 36.5 Å². The Kier molecular flexibility index (Phi) is 54.2. The molecule has 0 radical (unpaired) electrons. The van der Waals surface area contributed by atoms with Gasteiger partial charge < -0.3 is 14.2 Å². The van der Waals surface area contributed by atoms with Crippen molar-refractivity contribution in [2.24, 2.45) is 0 Å². The average molecular weight is 942 g/mol. The van der Waals surface area contributed by atoms with Crippen LogP contribution in [-0.4, -0.2) is 37.2 Å². The lowest BCUT2D eigenvalue weighted by Crippen LogP contribution is -2.30. The first kappa shape index (κ1) is 64.6. The Morgan fingerprint density at radius 3 is 0.910 bits per heavy atom. The first-order chi connectivity index (χ1) is 33.0. The molecule has 0 N–H and O–H groups in total. The van der Waals surface area contributed by atoms with Crippen LogP contribution < -0.4 is 0 Å².